The fraction of sp³-hybridized carbons (Fsp3) is 0.385. The van der Waals surface area contributed by atoms with Gasteiger partial charge in [0, 0.05) is 0 Å². The highest BCUT2D eigenvalue weighted by molar-refractivity contribution is 5.89. The largest absolute Gasteiger partial charge is 0.573 e. The number of rotatable bonds is 5. The van der Waals surface area contributed by atoms with E-state index in [1.807, 2.05) is 24.3 Å². The lowest BCUT2D eigenvalue weighted by atomic mass is 9.77. The van der Waals surface area contributed by atoms with Crippen LogP contribution >= 0.6 is 0 Å². The molecule has 4 rings (SSSR count). The summed E-state index contributed by atoms with van der Waals surface area (Å²) in [5.41, 5.74) is 2.23. The molecule has 3 aromatic rings. The van der Waals surface area contributed by atoms with E-state index in [1.165, 1.54) is 37.3 Å². The van der Waals surface area contributed by atoms with Gasteiger partial charge >= 0.3 is 6.36 Å². The van der Waals surface area contributed by atoms with Crippen LogP contribution in [0.1, 0.15) is 56.9 Å². The van der Waals surface area contributed by atoms with Gasteiger partial charge in [0.15, 0.2) is 11.6 Å². The zero-order chi connectivity index (χ0) is 23.8. The lowest BCUT2D eigenvalue weighted by molar-refractivity contribution is -0.276. The molecule has 0 aliphatic heterocycles. The van der Waals surface area contributed by atoms with Gasteiger partial charge in [0.25, 0.3) is 0 Å². The van der Waals surface area contributed by atoms with E-state index in [-0.39, 0.29) is 5.39 Å². The van der Waals surface area contributed by atoms with Crippen LogP contribution in [0.2, 0.25) is 0 Å². The van der Waals surface area contributed by atoms with E-state index in [1.54, 1.807) is 0 Å². The van der Waals surface area contributed by atoms with E-state index in [0.717, 1.165) is 24.8 Å². The van der Waals surface area contributed by atoms with Crippen LogP contribution < -0.4 is 4.74 Å². The number of halogens is 6. The third kappa shape index (κ3) is 5.12. The van der Waals surface area contributed by atoms with Gasteiger partial charge in [-0.25, -0.2) is 13.2 Å². The van der Waals surface area contributed by atoms with Crippen molar-refractivity contribution in [3.05, 3.63) is 65.5 Å². The lowest BCUT2D eigenvalue weighted by Crippen LogP contribution is -2.19. The predicted molar refractivity (Wildman–Crippen MR) is 116 cm³/mol. The summed E-state index contributed by atoms with van der Waals surface area (Å²) in [5, 5.41) is -0.937. The molecule has 1 aliphatic rings. The quantitative estimate of drug-likeness (QED) is 0.341. The summed E-state index contributed by atoms with van der Waals surface area (Å²) in [5.74, 6) is -4.75. The number of ether oxygens (including phenoxy) is 1. The molecule has 0 saturated heterocycles. The molecule has 0 atom stereocenters. The van der Waals surface area contributed by atoms with Crippen molar-refractivity contribution in [3.8, 4) is 16.9 Å². The first-order valence-electron chi connectivity index (χ1n) is 11.1. The lowest BCUT2D eigenvalue weighted by Gasteiger charge is -2.28. The smallest absolute Gasteiger partial charge is 0.399 e. The molecule has 7 heteroatoms. The zero-order valence-electron chi connectivity index (χ0n) is 18.1. The van der Waals surface area contributed by atoms with Crippen molar-refractivity contribution in [2.75, 3.05) is 0 Å². The van der Waals surface area contributed by atoms with Crippen LogP contribution in [0.4, 0.5) is 26.3 Å². The van der Waals surface area contributed by atoms with Gasteiger partial charge in [0.2, 0.25) is 5.75 Å². The standard InChI is InChI=1S/C26H24F6O/c1-2-3-15-4-6-16(7-5-15)17-8-10-18(11-9-17)19-12-20-14-22(28)25(33-26(30,31)32)24(29)23(20)21(27)13-19/h8-16H,2-7H2,1H3/t15-,16-. The van der Waals surface area contributed by atoms with E-state index in [0.29, 0.717) is 23.1 Å². The van der Waals surface area contributed by atoms with Gasteiger partial charge in [-0.3, -0.25) is 0 Å². The normalized spacial score (nSPS) is 19.1. The summed E-state index contributed by atoms with van der Waals surface area (Å²) in [7, 11) is 0. The Labute approximate surface area is 188 Å². The molecule has 1 fully saturated rings. The maximum absolute atomic E-state index is 14.7. The Morgan fingerprint density at radius 3 is 2.12 bits per heavy atom. The molecule has 0 amide bonds. The van der Waals surface area contributed by atoms with Crippen molar-refractivity contribution in [3.63, 3.8) is 0 Å². The fourth-order valence-corrected chi connectivity index (χ4v) is 4.91. The molecule has 3 aromatic carbocycles. The van der Waals surface area contributed by atoms with Crippen molar-refractivity contribution in [2.24, 2.45) is 5.92 Å². The van der Waals surface area contributed by atoms with E-state index in [4.69, 9.17) is 0 Å². The molecule has 1 aliphatic carbocycles. The highest BCUT2D eigenvalue weighted by Gasteiger charge is 2.35. The van der Waals surface area contributed by atoms with Crippen LogP contribution in [0.15, 0.2) is 42.5 Å². The second kappa shape index (κ2) is 9.27. The first-order chi connectivity index (χ1) is 15.7. The van der Waals surface area contributed by atoms with Crippen molar-refractivity contribution >= 4 is 10.8 Å². The van der Waals surface area contributed by atoms with Crippen LogP contribution in [0.25, 0.3) is 21.9 Å². The third-order valence-corrected chi connectivity index (χ3v) is 6.52. The molecule has 0 radical (unpaired) electrons. The minimum atomic E-state index is -5.30. The Morgan fingerprint density at radius 2 is 1.52 bits per heavy atom. The Bertz CT molecular complexity index is 1130. The molecule has 1 nitrogen and oxygen atoms in total. The van der Waals surface area contributed by atoms with Crippen molar-refractivity contribution < 1.29 is 31.1 Å². The van der Waals surface area contributed by atoms with Crippen LogP contribution in [-0.4, -0.2) is 6.36 Å². The summed E-state index contributed by atoms with van der Waals surface area (Å²) in [6, 6.07) is 10.7. The zero-order valence-corrected chi connectivity index (χ0v) is 18.1. The van der Waals surface area contributed by atoms with Crippen molar-refractivity contribution in [2.45, 2.75) is 57.7 Å². The predicted octanol–water partition coefficient (Wildman–Crippen LogP) is 8.90. The summed E-state index contributed by atoms with van der Waals surface area (Å²) in [4.78, 5) is 0. The van der Waals surface area contributed by atoms with Gasteiger partial charge in [-0.15, -0.1) is 13.2 Å². The van der Waals surface area contributed by atoms with Gasteiger partial charge < -0.3 is 4.74 Å². The number of fused-ring (bicyclic) bond motifs is 1. The van der Waals surface area contributed by atoms with Gasteiger partial charge in [0.1, 0.15) is 5.82 Å². The highest BCUT2D eigenvalue weighted by atomic mass is 19.4. The maximum atomic E-state index is 14.7. The SMILES string of the molecule is CCC[C@H]1CC[C@H](c2ccc(-c3cc(F)c4c(F)c(OC(F)(F)F)c(F)cc4c3)cc2)CC1. The topological polar surface area (TPSA) is 9.23 Å². The van der Waals surface area contributed by atoms with E-state index < -0.39 is 34.9 Å². The second-order valence-electron chi connectivity index (χ2n) is 8.73. The van der Waals surface area contributed by atoms with Crippen LogP contribution in [0, 0.1) is 23.4 Å². The van der Waals surface area contributed by atoms with E-state index in [2.05, 4.69) is 11.7 Å². The molecule has 0 unspecified atom stereocenters. The molecule has 33 heavy (non-hydrogen) atoms. The summed E-state index contributed by atoms with van der Waals surface area (Å²) < 4.78 is 84.1. The molecular weight excluding hydrogens is 442 g/mol. The van der Waals surface area contributed by atoms with Gasteiger partial charge in [-0.05, 0) is 77.8 Å². The second-order valence-corrected chi connectivity index (χ2v) is 8.73. The molecule has 0 aromatic heterocycles. The molecule has 176 valence electrons. The first kappa shape index (κ1) is 23.5. The van der Waals surface area contributed by atoms with Crippen LogP contribution in [-0.2, 0) is 0 Å². The fourth-order valence-electron chi connectivity index (χ4n) is 4.91. The molecular formula is C26H24F6O. The summed E-state index contributed by atoms with van der Waals surface area (Å²) >= 11 is 0. The average molecular weight is 466 g/mol. The summed E-state index contributed by atoms with van der Waals surface area (Å²) in [6.07, 6.45) is 1.87. The average Bonchev–Trinajstić information content (AvgIpc) is 2.76. The maximum Gasteiger partial charge on any atom is 0.573 e. The number of alkyl halides is 3. The Kier molecular flexibility index (Phi) is 6.59. The first-order valence-corrected chi connectivity index (χ1v) is 11.1. The molecule has 0 N–H and O–H groups in total. The molecule has 1 saturated carbocycles. The van der Waals surface area contributed by atoms with Gasteiger partial charge in [-0.1, -0.05) is 44.0 Å². The van der Waals surface area contributed by atoms with E-state index in [9.17, 15) is 26.3 Å². The molecule has 0 heterocycles. The third-order valence-electron chi connectivity index (χ3n) is 6.52. The number of benzene rings is 3. The van der Waals surface area contributed by atoms with E-state index >= 15 is 0 Å². The number of hydrogen-bond donors (Lipinski definition) is 0. The van der Waals surface area contributed by atoms with Gasteiger partial charge in [-0.2, -0.15) is 0 Å². The molecule has 0 spiro atoms. The Morgan fingerprint density at radius 1 is 0.848 bits per heavy atom. The Hall–Kier alpha value is -2.70. The summed E-state index contributed by atoms with van der Waals surface area (Å²) in [6.45, 7) is 2.21. The minimum Gasteiger partial charge on any atom is -0.399 e. The monoisotopic (exact) mass is 466 g/mol. The molecule has 0 bridgehead atoms. The number of hydrogen-bond acceptors (Lipinski definition) is 1. The highest BCUT2D eigenvalue weighted by Crippen LogP contribution is 2.39. The van der Waals surface area contributed by atoms with Crippen molar-refractivity contribution in [1.82, 2.24) is 0 Å². The van der Waals surface area contributed by atoms with Crippen molar-refractivity contribution in [1.29, 1.82) is 0 Å². The van der Waals surface area contributed by atoms with Crippen LogP contribution in [0.5, 0.6) is 5.75 Å². The van der Waals surface area contributed by atoms with Crippen LogP contribution in [0.3, 0.4) is 0 Å². The minimum absolute atomic E-state index is 0.187. The Balaban J connectivity index is 1.61. The van der Waals surface area contributed by atoms with Gasteiger partial charge in [0.05, 0.1) is 5.39 Å².